The summed E-state index contributed by atoms with van der Waals surface area (Å²) < 4.78 is 7.58. The van der Waals surface area contributed by atoms with Gasteiger partial charge in [0, 0.05) is 17.6 Å². The molecule has 2 saturated heterocycles. The zero-order valence-electron chi connectivity index (χ0n) is 19.5. The van der Waals surface area contributed by atoms with Crippen molar-refractivity contribution in [3.05, 3.63) is 29.7 Å². The molecule has 5 rings (SSSR count). The molecule has 0 saturated carbocycles. The zero-order valence-corrected chi connectivity index (χ0v) is 21.9. The summed E-state index contributed by atoms with van der Waals surface area (Å²) in [5, 5.41) is 25.4. The van der Waals surface area contributed by atoms with Crippen LogP contribution in [-0.4, -0.2) is 85.2 Å². The minimum Gasteiger partial charge on any atom is -0.477 e. The second-order valence-corrected chi connectivity index (χ2v) is 11.0. The molecule has 0 aromatic carbocycles. The number of nitrogens with zero attached hydrogens (tertiary/aromatic N) is 5. The minimum absolute atomic E-state index is 0.0916. The number of carbonyl (C=O) groups excluding carboxylic acids is 2. The van der Waals surface area contributed by atoms with Gasteiger partial charge in [-0.1, -0.05) is 16.9 Å². The van der Waals surface area contributed by atoms with Crippen molar-refractivity contribution in [2.24, 2.45) is 12.2 Å². The van der Waals surface area contributed by atoms with E-state index in [4.69, 9.17) is 14.7 Å². The molecule has 5 heterocycles. The van der Waals surface area contributed by atoms with E-state index in [2.05, 4.69) is 20.3 Å². The molecule has 14 nitrogen and oxygen atoms in total. The fourth-order valence-corrected chi connectivity index (χ4v) is 6.79. The number of oxazole rings is 1. The Labute approximate surface area is 222 Å². The third-order valence-electron chi connectivity index (χ3n) is 5.57. The van der Waals surface area contributed by atoms with Crippen LogP contribution in [-0.2, 0) is 26.3 Å². The van der Waals surface area contributed by atoms with E-state index in [0.29, 0.717) is 27.6 Å². The number of carboxylic acids is 1. The number of amides is 2. The maximum Gasteiger partial charge on any atom is 0.352 e. The molecule has 2 amide bonds. The predicted octanol–water partition coefficient (Wildman–Crippen LogP) is -0.111. The van der Waals surface area contributed by atoms with E-state index in [1.165, 1.54) is 40.5 Å². The number of carbonyl (C=O) groups is 3. The molecule has 0 aliphatic carbocycles. The van der Waals surface area contributed by atoms with E-state index < -0.39 is 29.2 Å². The summed E-state index contributed by atoms with van der Waals surface area (Å²) in [6.07, 6.45) is 3.66. The first-order valence-electron chi connectivity index (χ1n) is 10.7. The lowest BCUT2D eigenvalue weighted by Gasteiger charge is -2.49. The quantitative estimate of drug-likeness (QED) is 0.0696. The maximum atomic E-state index is 13.0. The van der Waals surface area contributed by atoms with Crippen molar-refractivity contribution in [3.63, 3.8) is 0 Å². The van der Waals surface area contributed by atoms with Gasteiger partial charge in [0.1, 0.15) is 36.3 Å². The average molecular weight is 566 g/mol. The number of aliphatic carboxylic acids is 1. The largest absolute Gasteiger partial charge is 0.477 e. The molecule has 4 N–H and O–H groups in total. The number of aromatic nitrogens is 2. The Hall–Kier alpha value is -3.28. The lowest BCUT2D eigenvalue weighted by Crippen LogP contribution is -2.71. The summed E-state index contributed by atoms with van der Waals surface area (Å²) in [6.45, 7) is 0.106. The van der Waals surface area contributed by atoms with Gasteiger partial charge < -0.3 is 19.7 Å². The highest BCUT2D eigenvalue weighted by Crippen LogP contribution is 2.41. The highest BCUT2D eigenvalue weighted by Gasteiger charge is 2.54. The molecule has 0 bridgehead atoms. The smallest absolute Gasteiger partial charge is 0.352 e. The lowest BCUT2D eigenvalue weighted by molar-refractivity contribution is -0.670. The van der Waals surface area contributed by atoms with Gasteiger partial charge in [-0.3, -0.25) is 24.9 Å². The van der Waals surface area contributed by atoms with Crippen molar-refractivity contribution < 1.29 is 33.3 Å². The van der Waals surface area contributed by atoms with Gasteiger partial charge in [0.15, 0.2) is 23.5 Å². The number of rotatable bonds is 6. The van der Waals surface area contributed by atoms with Crippen molar-refractivity contribution in [3.8, 4) is 0 Å². The van der Waals surface area contributed by atoms with Crippen LogP contribution in [0.4, 0.5) is 0 Å². The van der Waals surface area contributed by atoms with Crippen LogP contribution in [0.3, 0.4) is 0 Å². The van der Waals surface area contributed by atoms with Gasteiger partial charge in [-0.25, -0.2) is 9.36 Å². The number of amidine groups is 1. The zero-order chi connectivity index (χ0) is 26.3. The third-order valence-corrected chi connectivity index (χ3v) is 8.51. The SMILES string of the molecule is CON=C(C(=O)NC1C(=O)N2C(C(=O)O)=C(CSc3nc4c[n+](C)ccc4o3)CS[C@@H]12)N1CC(=N)SN1. The number of hydrogen-bond donors (Lipinski definition) is 4. The standard InChI is InChI=1S/C20H20N8O6S3/c1-26-4-3-11-10(5-26)22-20(34-11)36-8-9-7-35-18-13(17(30)28(18)14(9)19(31)32)23-16(29)15(24-33-2)27-6-12(21)37-25-27/h3-5,13,18,21,25H,6-8H2,1-2H3,(H-,23,29,31,32)/p+1/t13?,18-/m0/s1. The Balaban J connectivity index is 1.29. The Bertz CT molecular complexity index is 1380. The number of β-lactam (4-membered cyclic amide) rings is 1. The van der Waals surface area contributed by atoms with Gasteiger partial charge in [-0.15, -0.1) is 11.8 Å². The predicted molar refractivity (Wildman–Crippen MR) is 135 cm³/mol. The summed E-state index contributed by atoms with van der Waals surface area (Å²) in [6, 6.07) is 0.865. The average Bonchev–Trinajstić information content (AvgIpc) is 3.48. The number of hydrogen-bond acceptors (Lipinski definition) is 12. The Morgan fingerprint density at radius 3 is 3.03 bits per heavy atom. The van der Waals surface area contributed by atoms with Crippen LogP contribution in [0.1, 0.15) is 0 Å². The highest BCUT2D eigenvalue weighted by atomic mass is 32.2. The van der Waals surface area contributed by atoms with Crippen molar-refractivity contribution in [2.45, 2.75) is 16.6 Å². The first kappa shape index (κ1) is 25.4. The Morgan fingerprint density at radius 1 is 1.51 bits per heavy atom. The molecule has 3 aliphatic rings. The molecule has 2 fully saturated rings. The minimum atomic E-state index is -1.22. The maximum absolute atomic E-state index is 13.0. The molecule has 0 radical (unpaired) electrons. The summed E-state index contributed by atoms with van der Waals surface area (Å²) >= 11 is 3.63. The van der Waals surface area contributed by atoms with Crippen LogP contribution in [0.25, 0.3) is 11.1 Å². The van der Waals surface area contributed by atoms with Gasteiger partial charge in [0.25, 0.3) is 17.0 Å². The van der Waals surface area contributed by atoms with Gasteiger partial charge >= 0.3 is 5.97 Å². The molecular formula is C20H21N8O6S3+. The first-order chi connectivity index (χ1) is 17.8. The summed E-state index contributed by atoms with van der Waals surface area (Å²) in [5.74, 6) is -1.96. The molecule has 1 unspecified atom stereocenters. The van der Waals surface area contributed by atoms with Crippen molar-refractivity contribution in [1.29, 1.82) is 5.41 Å². The van der Waals surface area contributed by atoms with Crippen molar-refractivity contribution >= 4 is 75.2 Å². The van der Waals surface area contributed by atoms with E-state index in [1.807, 2.05) is 24.0 Å². The molecule has 17 heteroatoms. The van der Waals surface area contributed by atoms with Crippen LogP contribution >= 0.6 is 35.5 Å². The number of nitrogens with one attached hydrogen (secondary N) is 3. The third kappa shape index (κ3) is 4.86. The topological polar surface area (TPSA) is 177 Å². The number of carboxylic acid groups (broad SMARTS) is 1. The molecule has 2 atom stereocenters. The summed E-state index contributed by atoms with van der Waals surface area (Å²) in [7, 11) is 3.15. The van der Waals surface area contributed by atoms with Crippen LogP contribution < -0.4 is 14.7 Å². The van der Waals surface area contributed by atoms with Crippen molar-refractivity contribution in [2.75, 3.05) is 25.2 Å². The Morgan fingerprint density at radius 2 is 2.32 bits per heavy atom. The molecule has 0 spiro atoms. The van der Waals surface area contributed by atoms with Gasteiger partial charge in [-0.2, -0.15) is 9.82 Å². The van der Waals surface area contributed by atoms with Crippen molar-refractivity contribution in [1.82, 2.24) is 25.0 Å². The van der Waals surface area contributed by atoms with E-state index in [-0.39, 0.29) is 28.9 Å². The second kappa shape index (κ2) is 10.2. The fraction of sp³-hybridized carbons (Fsp3) is 0.350. The lowest BCUT2D eigenvalue weighted by atomic mass is 10.0. The molecule has 194 valence electrons. The van der Waals surface area contributed by atoms with Gasteiger partial charge in [-0.05, 0) is 17.5 Å². The number of oxime groups is 1. The van der Waals surface area contributed by atoms with E-state index >= 15 is 0 Å². The van der Waals surface area contributed by atoms with E-state index in [1.54, 1.807) is 6.07 Å². The number of hydrazine groups is 1. The number of aryl methyl sites for hydroxylation is 1. The number of fused-ring (bicyclic) bond motifs is 2. The number of pyridine rings is 1. The van der Waals surface area contributed by atoms with Gasteiger partial charge in [0.05, 0.1) is 6.54 Å². The number of thioether (sulfide) groups is 2. The van der Waals surface area contributed by atoms with Crippen LogP contribution in [0.5, 0.6) is 0 Å². The normalized spacial score (nSPS) is 21.8. The highest BCUT2D eigenvalue weighted by molar-refractivity contribution is 8.12. The first-order valence-corrected chi connectivity index (χ1v) is 13.6. The van der Waals surface area contributed by atoms with Crippen LogP contribution in [0.15, 0.2) is 44.5 Å². The molecule has 2 aromatic heterocycles. The Kier molecular flexibility index (Phi) is 7.02. The van der Waals surface area contributed by atoms with Crippen LogP contribution in [0.2, 0.25) is 0 Å². The van der Waals surface area contributed by atoms with Crippen LogP contribution in [0, 0.1) is 5.41 Å². The second-order valence-electron chi connectivity index (χ2n) is 8.05. The fourth-order valence-electron chi connectivity index (χ4n) is 3.90. The molecular weight excluding hydrogens is 544 g/mol. The summed E-state index contributed by atoms with van der Waals surface area (Å²) in [4.78, 5) is 51.2. The van der Waals surface area contributed by atoms with Gasteiger partial charge in [0.2, 0.25) is 5.84 Å². The molecule has 2 aromatic rings. The summed E-state index contributed by atoms with van der Waals surface area (Å²) in [5.41, 5.74) is 1.78. The van der Waals surface area contributed by atoms with E-state index in [0.717, 1.165) is 11.9 Å². The molecule has 3 aliphatic heterocycles. The van der Waals surface area contributed by atoms with E-state index in [9.17, 15) is 19.5 Å². The molecule has 37 heavy (non-hydrogen) atoms. The monoisotopic (exact) mass is 565 g/mol.